The van der Waals surface area contributed by atoms with Crippen LogP contribution in [0.2, 0.25) is 0 Å². The molecule has 1 saturated heterocycles. The van der Waals surface area contributed by atoms with Crippen molar-refractivity contribution < 1.29 is 0 Å². The highest BCUT2D eigenvalue weighted by atomic mass is 15.1. The van der Waals surface area contributed by atoms with Gasteiger partial charge in [-0.25, -0.2) is 0 Å². The van der Waals surface area contributed by atoms with Crippen LogP contribution in [0.4, 0.5) is 0 Å². The lowest BCUT2D eigenvalue weighted by molar-refractivity contribution is 0.0839. The summed E-state index contributed by atoms with van der Waals surface area (Å²) in [6.07, 6.45) is 2.48. The lowest BCUT2D eigenvalue weighted by atomic mass is 9.66. The third-order valence-corrected chi connectivity index (χ3v) is 5.47. The zero-order chi connectivity index (χ0) is 13.9. The highest BCUT2D eigenvalue weighted by Gasteiger charge is 2.44. The van der Waals surface area contributed by atoms with Crippen molar-refractivity contribution in [2.45, 2.75) is 25.8 Å². The Morgan fingerprint density at radius 2 is 2.15 bits per heavy atom. The first-order valence-electron chi connectivity index (χ1n) is 7.72. The molecule has 0 radical (unpaired) electrons. The minimum absolute atomic E-state index is 0.551. The Bertz CT molecular complexity index is 682. The number of nitrogens with one attached hydrogen (secondary N) is 1. The summed E-state index contributed by atoms with van der Waals surface area (Å²) >= 11 is 0. The predicted molar refractivity (Wildman–Crippen MR) is 84.6 cm³/mol. The van der Waals surface area contributed by atoms with E-state index in [2.05, 4.69) is 54.7 Å². The van der Waals surface area contributed by atoms with Crippen LogP contribution in [0.1, 0.15) is 37.1 Å². The van der Waals surface area contributed by atoms with Crippen molar-refractivity contribution in [3.63, 3.8) is 0 Å². The molecule has 1 aromatic heterocycles. The standard InChI is InChI=1S/C18H22N2/c1-4-12-13-9-10-20(3)18(12)16-14-7-5-6-8-15(14)19-17(16)11(13)2/h5-8,12-13,18-19H,2,4,9-10H2,1,3H3/t12-,13+,18+/m1/s1. The molecule has 4 rings (SSSR count). The van der Waals surface area contributed by atoms with Gasteiger partial charge in [-0.1, -0.05) is 38.1 Å². The minimum Gasteiger partial charge on any atom is -0.355 e. The molecule has 2 bridgehead atoms. The average molecular weight is 266 g/mol. The molecule has 1 aromatic carbocycles. The summed E-state index contributed by atoms with van der Waals surface area (Å²) in [5.74, 6) is 1.37. The van der Waals surface area contributed by atoms with Gasteiger partial charge in [0, 0.05) is 28.2 Å². The van der Waals surface area contributed by atoms with Crippen LogP contribution in [-0.2, 0) is 0 Å². The normalized spacial score (nSPS) is 29.7. The van der Waals surface area contributed by atoms with E-state index < -0.39 is 0 Å². The van der Waals surface area contributed by atoms with Crippen molar-refractivity contribution in [1.82, 2.24) is 9.88 Å². The molecule has 2 nitrogen and oxygen atoms in total. The number of aromatic nitrogens is 1. The second kappa shape index (κ2) is 4.23. The van der Waals surface area contributed by atoms with E-state index in [1.807, 2.05) is 0 Å². The molecule has 20 heavy (non-hydrogen) atoms. The summed E-state index contributed by atoms with van der Waals surface area (Å²) in [5, 5.41) is 1.39. The van der Waals surface area contributed by atoms with E-state index >= 15 is 0 Å². The maximum Gasteiger partial charge on any atom is 0.0469 e. The van der Waals surface area contributed by atoms with E-state index in [1.165, 1.54) is 47.1 Å². The Hall–Kier alpha value is -1.54. The van der Waals surface area contributed by atoms with Crippen molar-refractivity contribution in [1.29, 1.82) is 0 Å². The van der Waals surface area contributed by atoms with Gasteiger partial charge < -0.3 is 4.98 Å². The smallest absolute Gasteiger partial charge is 0.0469 e. The number of hydrogen-bond donors (Lipinski definition) is 1. The fourth-order valence-corrected chi connectivity index (χ4v) is 4.53. The average Bonchev–Trinajstić information content (AvgIpc) is 2.85. The van der Waals surface area contributed by atoms with Gasteiger partial charge in [-0.15, -0.1) is 0 Å². The van der Waals surface area contributed by atoms with Gasteiger partial charge in [0.25, 0.3) is 0 Å². The number of allylic oxidation sites excluding steroid dienone is 1. The third kappa shape index (κ3) is 1.43. The van der Waals surface area contributed by atoms with Gasteiger partial charge >= 0.3 is 0 Å². The largest absolute Gasteiger partial charge is 0.355 e. The topological polar surface area (TPSA) is 19.0 Å². The Labute approximate surface area is 120 Å². The van der Waals surface area contributed by atoms with Gasteiger partial charge in [-0.05, 0) is 43.5 Å². The number of hydrogen-bond acceptors (Lipinski definition) is 1. The first-order valence-corrected chi connectivity index (χ1v) is 7.72. The van der Waals surface area contributed by atoms with Crippen LogP contribution in [0.3, 0.4) is 0 Å². The highest BCUT2D eigenvalue weighted by molar-refractivity contribution is 5.91. The van der Waals surface area contributed by atoms with Crippen molar-refractivity contribution in [3.05, 3.63) is 42.1 Å². The Morgan fingerprint density at radius 3 is 2.95 bits per heavy atom. The van der Waals surface area contributed by atoms with Gasteiger partial charge in [0.05, 0.1) is 0 Å². The molecule has 1 fully saturated rings. The number of para-hydroxylation sites is 1. The molecule has 0 saturated carbocycles. The zero-order valence-corrected chi connectivity index (χ0v) is 12.3. The Kier molecular flexibility index (Phi) is 2.58. The van der Waals surface area contributed by atoms with E-state index in [9.17, 15) is 0 Å². The number of piperidine rings is 1. The van der Waals surface area contributed by atoms with Crippen molar-refractivity contribution >= 4 is 16.5 Å². The Morgan fingerprint density at radius 1 is 1.35 bits per heavy atom. The van der Waals surface area contributed by atoms with Crippen LogP contribution in [0.25, 0.3) is 16.5 Å². The molecule has 1 N–H and O–H groups in total. The lowest BCUT2D eigenvalue weighted by Crippen LogP contribution is -2.44. The summed E-state index contributed by atoms with van der Waals surface area (Å²) in [5.41, 5.74) is 5.41. The number of benzene rings is 1. The molecule has 2 aromatic rings. The molecular formula is C18H22N2. The van der Waals surface area contributed by atoms with Crippen molar-refractivity contribution in [2.75, 3.05) is 13.6 Å². The van der Waals surface area contributed by atoms with E-state index in [-0.39, 0.29) is 0 Å². The molecule has 2 heteroatoms. The molecule has 1 aliphatic heterocycles. The van der Waals surface area contributed by atoms with Crippen molar-refractivity contribution in [2.24, 2.45) is 11.8 Å². The first-order chi connectivity index (χ1) is 9.72. The minimum atomic E-state index is 0.551. The van der Waals surface area contributed by atoms with Gasteiger partial charge in [0.2, 0.25) is 0 Å². The monoisotopic (exact) mass is 266 g/mol. The fourth-order valence-electron chi connectivity index (χ4n) is 4.53. The van der Waals surface area contributed by atoms with Crippen LogP contribution < -0.4 is 0 Å². The number of rotatable bonds is 1. The molecule has 104 valence electrons. The van der Waals surface area contributed by atoms with Crippen LogP contribution >= 0.6 is 0 Å². The summed E-state index contributed by atoms with van der Waals surface area (Å²) in [6.45, 7) is 7.96. The molecule has 0 amide bonds. The van der Waals surface area contributed by atoms with Gasteiger partial charge in [0.15, 0.2) is 0 Å². The fraction of sp³-hybridized carbons (Fsp3) is 0.444. The molecular weight excluding hydrogens is 244 g/mol. The van der Waals surface area contributed by atoms with E-state index in [0.717, 1.165) is 0 Å². The predicted octanol–water partition coefficient (Wildman–Crippen LogP) is 4.21. The number of likely N-dealkylation sites (tertiary alicyclic amines) is 1. The quantitative estimate of drug-likeness (QED) is 0.819. The van der Waals surface area contributed by atoms with Gasteiger partial charge in [-0.2, -0.15) is 0 Å². The van der Waals surface area contributed by atoms with Crippen LogP contribution in [-0.4, -0.2) is 23.5 Å². The molecule has 2 aliphatic rings. The van der Waals surface area contributed by atoms with Gasteiger partial charge in [0.1, 0.15) is 0 Å². The summed E-state index contributed by atoms with van der Waals surface area (Å²) in [4.78, 5) is 6.19. The van der Waals surface area contributed by atoms with E-state index in [1.54, 1.807) is 0 Å². The lowest BCUT2D eigenvalue weighted by Gasteiger charge is -2.48. The van der Waals surface area contributed by atoms with Crippen LogP contribution in [0.5, 0.6) is 0 Å². The molecule has 3 atom stereocenters. The second-order valence-electron chi connectivity index (χ2n) is 6.38. The number of aromatic amines is 1. The SMILES string of the molecule is C=C1c2[nH]c3ccccc3c2[C@@H]2[C@H](CC)[C@H]1CCN2C. The second-order valence-corrected chi connectivity index (χ2v) is 6.38. The molecule has 0 spiro atoms. The highest BCUT2D eigenvalue weighted by Crippen LogP contribution is 2.53. The molecule has 2 heterocycles. The van der Waals surface area contributed by atoms with Crippen molar-refractivity contribution in [3.8, 4) is 0 Å². The molecule has 1 aliphatic carbocycles. The first kappa shape index (κ1) is 12.2. The van der Waals surface area contributed by atoms with E-state index in [4.69, 9.17) is 0 Å². The summed E-state index contributed by atoms with van der Waals surface area (Å²) < 4.78 is 0. The number of H-pyrrole nitrogens is 1. The maximum absolute atomic E-state index is 4.44. The number of fused-ring (bicyclic) bond motifs is 6. The van der Waals surface area contributed by atoms with Crippen LogP contribution in [0, 0.1) is 11.8 Å². The number of nitrogens with zero attached hydrogens (tertiary/aromatic N) is 1. The van der Waals surface area contributed by atoms with E-state index in [0.29, 0.717) is 17.9 Å². The third-order valence-electron chi connectivity index (χ3n) is 5.47. The zero-order valence-electron chi connectivity index (χ0n) is 12.3. The summed E-state index contributed by atoms with van der Waals surface area (Å²) in [6, 6.07) is 9.25. The van der Waals surface area contributed by atoms with Gasteiger partial charge in [-0.3, -0.25) is 4.90 Å². The maximum atomic E-state index is 4.44. The summed E-state index contributed by atoms with van der Waals surface area (Å²) in [7, 11) is 2.28. The molecule has 0 unspecified atom stereocenters. The van der Waals surface area contributed by atoms with Crippen LogP contribution in [0.15, 0.2) is 30.8 Å². The Balaban J connectivity index is 2.03.